The Kier molecular flexibility index (Phi) is 5.22. The molecule has 0 saturated heterocycles. The maximum absolute atomic E-state index is 12.7. The maximum Gasteiger partial charge on any atom is 0.405 e. The van der Waals surface area contributed by atoms with E-state index in [0.717, 1.165) is 22.0 Å². The quantitative estimate of drug-likeness (QED) is 0.549. The minimum atomic E-state index is -1.22. The van der Waals surface area contributed by atoms with Crippen molar-refractivity contribution in [2.75, 3.05) is 0 Å². The van der Waals surface area contributed by atoms with Gasteiger partial charge in [0.2, 0.25) is 5.91 Å². The van der Waals surface area contributed by atoms with Gasteiger partial charge in [-0.3, -0.25) is 4.79 Å². The van der Waals surface area contributed by atoms with Crippen LogP contribution in [0.2, 0.25) is 0 Å². The van der Waals surface area contributed by atoms with Crippen molar-refractivity contribution in [2.45, 2.75) is 25.4 Å². The Hall–Kier alpha value is -3.28. The summed E-state index contributed by atoms with van der Waals surface area (Å²) in [6.07, 6.45) is 0.857. The van der Waals surface area contributed by atoms with Crippen LogP contribution in [0.4, 0.5) is 4.79 Å². The number of aromatic amines is 1. The molecule has 0 spiro atoms. The maximum atomic E-state index is 12.7. The van der Waals surface area contributed by atoms with Crippen molar-refractivity contribution >= 4 is 22.9 Å². The van der Waals surface area contributed by atoms with E-state index < -0.39 is 12.1 Å². The Morgan fingerprint density at radius 3 is 2.46 bits per heavy atom. The summed E-state index contributed by atoms with van der Waals surface area (Å²) in [4.78, 5) is 27.0. The molecule has 0 unspecified atom stereocenters. The summed E-state index contributed by atoms with van der Waals surface area (Å²) in [7, 11) is 0. The van der Waals surface area contributed by atoms with Gasteiger partial charge in [-0.1, -0.05) is 48.5 Å². The first-order valence-corrected chi connectivity index (χ1v) is 8.44. The number of hydrogen-bond donors (Lipinski definition) is 4. The van der Waals surface area contributed by atoms with Crippen LogP contribution in [0.15, 0.2) is 60.8 Å². The van der Waals surface area contributed by atoms with E-state index in [1.54, 1.807) is 0 Å². The number of aromatic nitrogens is 1. The van der Waals surface area contributed by atoms with E-state index in [1.165, 1.54) is 0 Å². The molecule has 134 valence electrons. The second-order valence-corrected chi connectivity index (χ2v) is 6.21. The predicted octanol–water partition coefficient (Wildman–Crippen LogP) is 3.22. The molecule has 6 heteroatoms. The van der Waals surface area contributed by atoms with Crippen molar-refractivity contribution in [1.29, 1.82) is 0 Å². The number of benzene rings is 2. The number of carboxylic acid groups (broad SMARTS) is 1. The number of rotatable bonds is 6. The summed E-state index contributed by atoms with van der Waals surface area (Å²) in [5.74, 6) is -0.353. The van der Waals surface area contributed by atoms with Gasteiger partial charge in [0.25, 0.3) is 0 Å². The lowest BCUT2D eigenvalue weighted by Gasteiger charge is -2.20. The van der Waals surface area contributed by atoms with Gasteiger partial charge >= 0.3 is 6.09 Å². The molecule has 26 heavy (non-hydrogen) atoms. The van der Waals surface area contributed by atoms with Crippen LogP contribution in [0, 0.1) is 0 Å². The third kappa shape index (κ3) is 4.03. The van der Waals surface area contributed by atoms with E-state index in [4.69, 9.17) is 5.11 Å². The van der Waals surface area contributed by atoms with Gasteiger partial charge in [0.05, 0.1) is 6.04 Å². The first-order chi connectivity index (χ1) is 12.5. The van der Waals surface area contributed by atoms with Crippen molar-refractivity contribution in [1.82, 2.24) is 15.6 Å². The van der Waals surface area contributed by atoms with Gasteiger partial charge in [-0.05, 0) is 24.1 Å². The van der Waals surface area contributed by atoms with E-state index in [9.17, 15) is 9.59 Å². The third-order valence-electron chi connectivity index (χ3n) is 4.37. The molecule has 0 aliphatic rings. The zero-order valence-corrected chi connectivity index (χ0v) is 14.4. The van der Waals surface area contributed by atoms with Crippen LogP contribution < -0.4 is 10.6 Å². The van der Waals surface area contributed by atoms with Crippen LogP contribution >= 0.6 is 0 Å². The van der Waals surface area contributed by atoms with Crippen molar-refractivity contribution in [3.8, 4) is 0 Å². The molecule has 3 rings (SSSR count). The molecule has 2 aromatic carbocycles. The molecule has 0 radical (unpaired) electrons. The molecule has 0 bridgehead atoms. The average Bonchev–Trinajstić information content (AvgIpc) is 3.04. The lowest BCUT2D eigenvalue weighted by Crippen LogP contribution is -2.48. The molecule has 0 fully saturated rings. The summed E-state index contributed by atoms with van der Waals surface area (Å²) >= 11 is 0. The van der Waals surface area contributed by atoms with Crippen molar-refractivity contribution in [2.24, 2.45) is 0 Å². The van der Waals surface area contributed by atoms with E-state index in [-0.39, 0.29) is 18.4 Å². The molecule has 1 heterocycles. The van der Waals surface area contributed by atoms with E-state index >= 15 is 0 Å². The Balaban J connectivity index is 1.77. The highest BCUT2D eigenvalue weighted by atomic mass is 16.4. The fraction of sp³-hybridized carbons (Fsp3) is 0.200. The van der Waals surface area contributed by atoms with Crippen LogP contribution in [-0.2, 0) is 11.2 Å². The molecule has 2 atom stereocenters. The number of hydrogen-bond acceptors (Lipinski definition) is 2. The summed E-state index contributed by atoms with van der Waals surface area (Å²) in [5, 5.41) is 15.3. The summed E-state index contributed by atoms with van der Waals surface area (Å²) in [6.45, 7) is 1.87. The Morgan fingerprint density at radius 1 is 1.04 bits per heavy atom. The van der Waals surface area contributed by atoms with Crippen LogP contribution in [0.1, 0.15) is 24.1 Å². The van der Waals surface area contributed by atoms with Crippen molar-refractivity contribution in [3.63, 3.8) is 0 Å². The Morgan fingerprint density at radius 2 is 1.73 bits per heavy atom. The van der Waals surface area contributed by atoms with Crippen LogP contribution in [0.25, 0.3) is 10.9 Å². The molecule has 0 aliphatic carbocycles. The highest BCUT2D eigenvalue weighted by molar-refractivity contribution is 5.88. The largest absolute Gasteiger partial charge is 0.465 e. The first kappa shape index (κ1) is 17.5. The predicted molar refractivity (Wildman–Crippen MR) is 100.0 cm³/mol. The van der Waals surface area contributed by atoms with E-state index in [0.29, 0.717) is 0 Å². The number of para-hydroxylation sites is 1. The highest BCUT2D eigenvalue weighted by Crippen LogP contribution is 2.19. The smallest absolute Gasteiger partial charge is 0.405 e. The van der Waals surface area contributed by atoms with Crippen LogP contribution in [0.3, 0.4) is 0 Å². The normalized spacial score (nSPS) is 13.1. The van der Waals surface area contributed by atoms with Crippen LogP contribution in [-0.4, -0.2) is 28.1 Å². The topological polar surface area (TPSA) is 94.2 Å². The van der Waals surface area contributed by atoms with Gasteiger partial charge in [0.1, 0.15) is 6.04 Å². The zero-order chi connectivity index (χ0) is 18.5. The lowest BCUT2D eigenvalue weighted by molar-refractivity contribution is -0.123. The second-order valence-electron chi connectivity index (χ2n) is 6.21. The SMILES string of the molecule is C[C@H](NC(=O)[C@@H](Cc1c[nH]c2ccccc12)NC(=O)O)c1ccccc1. The average molecular weight is 351 g/mol. The molecule has 2 amide bonds. The minimum Gasteiger partial charge on any atom is -0.465 e. The summed E-state index contributed by atoms with van der Waals surface area (Å²) in [6, 6.07) is 16.2. The Bertz CT molecular complexity index is 905. The molecule has 6 nitrogen and oxygen atoms in total. The van der Waals surface area contributed by atoms with Crippen LogP contribution in [0.5, 0.6) is 0 Å². The monoisotopic (exact) mass is 351 g/mol. The van der Waals surface area contributed by atoms with Gasteiger partial charge in [0, 0.05) is 23.5 Å². The second kappa shape index (κ2) is 7.74. The fourth-order valence-electron chi connectivity index (χ4n) is 3.02. The first-order valence-electron chi connectivity index (χ1n) is 8.44. The number of carbonyl (C=O) groups is 2. The third-order valence-corrected chi connectivity index (χ3v) is 4.37. The molecule has 0 aliphatic heterocycles. The van der Waals surface area contributed by atoms with E-state index in [2.05, 4.69) is 15.6 Å². The fourth-order valence-corrected chi connectivity index (χ4v) is 3.02. The number of carbonyl (C=O) groups excluding carboxylic acids is 1. The molecular formula is C20H21N3O3. The number of amides is 2. The van der Waals surface area contributed by atoms with Gasteiger partial charge in [-0.2, -0.15) is 0 Å². The number of H-pyrrole nitrogens is 1. The Labute approximate surface area is 151 Å². The molecule has 1 aromatic heterocycles. The zero-order valence-electron chi connectivity index (χ0n) is 14.4. The van der Waals surface area contributed by atoms with Crippen molar-refractivity contribution in [3.05, 3.63) is 71.9 Å². The molecule has 4 N–H and O–H groups in total. The van der Waals surface area contributed by atoms with Gasteiger partial charge in [0.15, 0.2) is 0 Å². The molecule has 3 aromatic rings. The molecule has 0 saturated carbocycles. The number of nitrogens with one attached hydrogen (secondary N) is 3. The summed E-state index contributed by atoms with van der Waals surface area (Å²) in [5.41, 5.74) is 2.80. The number of fused-ring (bicyclic) bond motifs is 1. The van der Waals surface area contributed by atoms with E-state index in [1.807, 2.05) is 67.7 Å². The standard InChI is InChI=1S/C20H21N3O3/c1-13(14-7-3-2-4-8-14)22-19(24)18(23-20(25)26)11-15-12-21-17-10-6-5-9-16(15)17/h2-10,12-13,18,21,23H,11H2,1H3,(H,22,24)(H,25,26)/t13-,18+/m0/s1. The van der Waals surface area contributed by atoms with Crippen molar-refractivity contribution < 1.29 is 14.7 Å². The van der Waals surface area contributed by atoms with Gasteiger partial charge in [-0.15, -0.1) is 0 Å². The summed E-state index contributed by atoms with van der Waals surface area (Å²) < 4.78 is 0. The minimum absolute atomic E-state index is 0.218. The van der Waals surface area contributed by atoms with Gasteiger partial charge in [-0.25, -0.2) is 4.79 Å². The van der Waals surface area contributed by atoms with Gasteiger partial charge < -0.3 is 20.7 Å². The lowest BCUT2D eigenvalue weighted by atomic mass is 10.0. The highest BCUT2D eigenvalue weighted by Gasteiger charge is 2.23. The molecular weight excluding hydrogens is 330 g/mol.